The number of ketones is 1. The van der Waals surface area contributed by atoms with Crippen molar-refractivity contribution in [3.05, 3.63) is 23.8 Å². The van der Waals surface area contributed by atoms with E-state index in [1.165, 1.54) is 32.3 Å². The van der Waals surface area contributed by atoms with Gasteiger partial charge in [-0.15, -0.1) is 0 Å². The van der Waals surface area contributed by atoms with Gasteiger partial charge < -0.3 is 9.47 Å². The molecule has 0 N–H and O–H groups in total. The smallest absolute Gasteiger partial charge is 0.302 e. The van der Waals surface area contributed by atoms with Gasteiger partial charge in [0.2, 0.25) is 0 Å². The van der Waals surface area contributed by atoms with Crippen LogP contribution in [0.25, 0.3) is 0 Å². The minimum Gasteiger partial charge on any atom is -0.462 e. The van der Waals surface area contributed by atoms with Crippen molar-refractivity contribution >= 4 is 17.7 Å². The zero-order valence-electron chi connectivity index (χ0n) is 24.1. The normalized spacial score (nSPS) is 39.7. The molecule has 0 aromatic rings. The van der Waals surface area contributed by atoms with Gasteiger partial charge in [0.15, 0.2) is 0 Å². The van der Waals surface area contributed by atoms with Gasteiger partial charge in [0.1, 0.15) is 18.0 Å². The number of rotatable bonds is 7. The summed E-state index contributed by atoms with van der Waals surface area (Å²) in [6.07, 6.45) is 8.76. The molecule has 5 nitrogen and oxygen atoms in total. The molecule has 0 aromatic heterocycles. The number of hydrogen-bond donors (Lipinski definition) is 0. The lowest BCUT2D eigenvalue weighted by Gasteiger charge is -2.59. The highest BCUT2D eigenvalue weighted by molar-refractivity contribution is 5.90. The van der Waals surface area contributed by atoms with Crippen LogP contribution in [-0.4, -0.2) is 29.9 Å². The molecule has 3 fully saturated rings. The van der Waals surface area contributed by atoms with Crippen LogP contribution in [0.4, 0.5) is 0 Å². The molecular weight excluding hydrogens is 464 g/mol. The third-order valence-electron chi connectivity index (χ3n) is 11.0. The third kappa shape index (κ3) is 4.96. The standard InChI is InChI=1S/C32H48O5/c1-18(2)19(3)9-10-20(4)26-13-14-27-25-12-11-23-15-24(36-21(5)33)16-29(35)32(23,8)30(25)28(37-22(6)34)17-31(26,27)7/h11,18,20,24-28,30H,3,9-10,12-17H2,1-2,4-8H3/t20-,24-,25+,26-,27+,28-,30-,31-,32-/m1/s1. The molecule has 3 saturated carbocycles. The zero-order chi connectivity index (χ0) is 27.3. The van der Waals surface area contributed by atoms with Gasteiger partial charge >= 0.3 is 11.9 Å². The number of ether oxygens (including phenoxy) is 2. The summed E-state index contributed by atoms with van der Waals surface area (Å²) in [4.78, 5) is 37.8. The third-order valence-corrected chi connectivity index (χ3v) is 11.0. The van der Waals surface area contributed by atoms with Crippen molar-refractivity contribution < 1.29 is 23.9 Å². The molecule has 0 spiro atoms. The number of carbonyl (C=O) groups is 3. The molecule has 4 rings (SSSR count). The number of Topliss-reactive ketones (excluding diaryl/α,β-unsaturated/α-hetero) is 1. The maximum Gasteiger partial charge on any atom is 0.302 e. The molecule has 0 aromatic carbocycles. The monoisotopic (exact) mass is 512 g/mol. The summed E-state index contributed by atoms with van der Waals surface area (Å²) in [5.41, 5.74) is 1.82. The fraction of sp³-hybridized carbons (Fsp3) is 0.781. The van der Waals surface area contributed by atoms with Crippen molar-refractivity contribution in [3.8, 4) is 0 Å². The predicted octanol–water partition coefficient (Wildman–Crippen LogP) is 6.85. The van der Waals surface area contributed by atoms with Crippen molar-refractivity contribution in [2.24, 2.45) is 46.3 Å². The van der Waals surface area contributed by atoms with Gasteiger partial charge in [-0.2, -0.15) is 0 Å². The van der Waals surface area contributed by atoms with Gasteiger partial charge in [-0.25, -0.2) is 0 Å². The largest absolute Gasteiger partial charge is 0.462 e. The van der Waals surface area contributed by atoms with Gasteiger partial charge in [-0.05, 0) is 80.5 Å². The van der Waals surface area contributed by atoms with Gasteiger partial charge in [0, 0.05) is 32.6 Å². The molecule has 0 amide bonds. The molecule has 5 heteroatoms. The van der Waals surface area contributed by atoms with E-state index in [2.05, 4.69) is 47.3 Å². The van der Waals surface area contributed by atoms with Crippen molar-refractivity contribution in [1.82, 2.24) is 0 Å². The second-order valence-electron chi connectivity index (χ2n) is 13.4. The topological polar surface area (TPSA) is 69.7 Å². The Labute approximate surface area is 223 Å². The first-order valence-corrected chi connectivity index (χ1v) is 14.5. The molecule has 0 aliphatic heterocycles. The van der Waals surface area contributed by atoms with Gasteiger partial charge in [-0.3, -0.25) is 14.4 Å². The summed E-state index contributed by atoms with van der Waals surface area (Å²) in [5.74, 6) is 1.99. The van der Waals surface area contributed by atoms with Gasteiger partial charge in [0.05, 0.1) is 5.41 Å². The van der Waals surface area contributed by atoms with Crippen LogP contribution >= 0.6 is 0 Å². The summed E-state index contributed by atoms with van der Waals surface area (Å²) in [6.45, 7) is 18.6. The highest BCUT2D eigenvalue weighted by atomic mass is 16.5. The summed E-state index contributed by atoms with van der Waals surface area (Å²) in [7, 11) is 0. The second kappa shape index (κ2) is 10.3. The zero-order valence-corrected chi connectivity index (χ0v) is 24.1. The lowest BCUT2D eigenvalue weighted by molar-refractivity contribution is -0.179. The fourth-order valence-electron chi connectivity index (χ4n) is 9.08. The molecule has 0 saturated heterocycles. The molecule has 0 unspecified atom stereocenters. The van der Waals surface area contributed by atoms with Crippen LogP contribution in [0.15, 0.2) is 23.8 Å². The molecule has 0 radical (unpaired) electrons. The van der Waals surface area contributed by atoms with E-state index in [4.69, 9.17) is 9.47 Å². The second-order valence-corrected chi connectivity index (χ2v) is 13.4. The highest BCUT2D eigenvalue weighted by Gasteiger charge is 2.65. The molecule has 37 heavy (non-hydrogen) atoms. The first kappa shape index (κ1) is 28.1. The SMILES string of the molecule is C=C(CC[C@@H](C)[C@H]1CC[C@H]2[C@@H]3CC=C4C[C@@H](OC(C)=O)CC(=O)[C@]4(C)[C@H]3[C@H](OC(C)=O)C[C@]12C)C(C)C. The Morgan fingerprint density at radius 1 is 1.08 bits per heavy atom. The van der Waals surface area contributed by atoms with Crippen molar-refractivity contribution in [1.29, 1.82) is 0 Å². The lowest BCUT2D eigenvalue weighted by atomic mass is 9.45. The Morgan fingerprint density at radius 3 is 2.38 bits per heavy atom. The van der Waals surface area contributed by atoms with Crippen LogP contribution < -0.4 is 0 Å². The summed E-state index contributed by atoms with van der Waals surface area (Å²) < 4.78 is 11.6. The molecule has 4 aliphatic rings. The van der Waals surface area contributed by atoms with E-state index in [-0.39, 0.29) is 47.7 Å². The van der Waals surface area contributed by atoms with Crippen molar-refractivity contribution in [2.45, 2.75) is 112 Å². The van der Waals surface area contributed by atoms with Crippen molar-refractivity contribution in [2.75, 3.05) is 0 Å². The molecular formula is C32H48O5. The van der Waals surface area contributed by atoms with Gasteiger partial charge in [0.25, 0.3) is 0 Å². The van der Waals surface area contributed by atoms with E-state index in [1.807, 2.05) is 0 Å². The van der Waals surface area contributed by atoms with E-state index in [0.29, 0.717) is 36.0 Å². The summed E-state index contributed by atoms with van der Waals surface area (Å²) >= 11 is 0. The summed E-state index contributed by atoms with van der Waals surface area (Å²) in [5, 5.41) is 0. The highest BCUT2D eigenvalue weighted by Crippen LogP contribution is 2.67. The van der Waals surface area contributed by atoms with Crippen LogP contribution in [0, 0.1) is 46.3 Å². The first-order valence-electron chi connectivity index (χ1n) is 14.5. The maximum absolute atomic E-state index is 13.8. The van der Waals surface area contributed by atoms with Crippen LogP contribution in [0.2, 0.25) is 0 Å². The number of hydrogen-bond acceptors (Lipinski definition) is 5. The molecule has 9 atom stereocenters. The molecule has 0 heterocycles. The quantitative estimate of drug-likeness (QED) is 0.276. The Kier molecular flexibility index (Phi) is 7.85. The molecule has 206 valence electrons. The Balaban J connectivity index is 1.64. The lowest BCUT2D eigenvalue weighted by Crippen LogP contribution is -2.60. The summed E-state index contributed by atoms with van der Waals surface area (Å²) in [6, 6.07) is 0. The van der Waals surface area contributed by atoms with E-state index in [0.717, 1.165) is 31.3 Å². The van der Waals surface area contributed by atoms with E-state index < -0.39 is 5.41 Å². The molecule has 4 aliphatic carbocycles. The van der Waals surface area contributed by atoms with Crippen LogP contribution in [0.1, 0.15) is 99.8 Å². The van der Waals surface area contributed by atoms with Crippen LogP contribution in [0.5, 0.6) is 0 Å². The maximum atomic E-state index is 13.8. The number of esters is 2. The predicted molar refractivity (Wildman–Crippen MR) is 144 cm³/mol. The number of allylic oxidation sites excluding steroid dienone is 2. The van der Waals surface area contributed by atoms with Crippen LogP contribution in [0.3, 0.4) is 0 Å². The minimum atomic E-state index is -0.667. The minimum absolute atomic E-state index is 0.0185. The Bertz CT molecular complexity index is 978. The first-order chi connectivity index (χ1) is 17.3. The molecule has 0 bridgehead atoms. The average molecular weight is 513 g/mol. The van der Waals surface area contributed by atoms with Crippen LogP contribution in [-0.2, 0) is 23.9 Å². The van der Waals surface area contributed by atoms with Gasteiger partial charge in [-0.1, -0.05) is 51.5 Å². The number of carbonyl (C=O) groups excluding carboxylic acids is 3. The number of fused-ring (bicyclic) bond motifs is 5. The average Bonchev–Trinajstić information content (AvgIpc) is 3.13. The fourth-order valence-corrected chi connectivity index (χ4v) is 9.08. The Hall–Kier alpha value is -1.91. The van der Waals surface area contributed by atoms with E-state index in [9.17, 15) is 14.4 Å². The Morgan fingerprint density at radius 2 is 1.76 bits per heavy atom. The van der Waals surface area contributed by atoms with Crippen molar-refractivity contribution in [3.63, 3.8) is 0 Å². The van der Waals surface area contributed by atoms with E-state index in [1.54, 1.807) is 0 Å². The van der Waals surface area contributed by atoms with E-state index >= 15 is 0 Å².